The Labute approximate surface area is 266 Å². The lowest BCUT2D eigenvalue weighted by Gasteiger charge is -2.17. The average molecular weight is 656 g/mol. The van der Waals surface area contributed by atoms with E-state index in [-0.39, 0.29) is 51.0 Å². The Morgan fingerprint density at radius 1 is 1.26 bits per heavy atom. The van der Waals surface area contributed by atoms with E-state index in [1.807, 2.05) is 0 Å². The van der Waals surface area contributed by atoms with E-state index in [1.54, 1.807) is 25.2 Å². The van der Waals surface area contributed by atoms with E-state index in [9.17, 15) is 19.2 Å². The number of hydrogen-bond donors (Lipinski definition) is 4. The minimum absolute atomic E-state index is 0.0652. The number of aromatic nitrogens is 2. The molecule has 2 aromatic rings. The molecule has 3 rings (SSSR count). The Morgan fingerprint density at radius 3 is 2.83 bits per heavy atom. The van der Waals surface area contributed by atoms with Gasteiger partial charge in [0, 0.05) is 35.1 Å². The first-order valence-electron chi connectivity index (χ1n) is 14.0. The van der Waals surface area contributed by atoms with Crippen LogP contribution in [0.1, 0.15) is 28.6 Å². The van der Waals surface area contributed by atoms with E-state index < -0.39 is 48.4 Å². The summed E-state index contributed by atoms with van der Waals surface area (Å²) < 4.78 is 28.6. The van der Waals surface area contributed by atoms with E-state index in [1.165, 1.54) is 19.4 Å². The monoisotopic (exact) mass is 655 g/mol. The molecule has 4 unspecified atom stereocenters. The van der Waals surface area contributed by atoms with Crippen LogP contribution >= 0.6 is 0 Å². The first-order valence-corrected chi connectivity index (χ1v) is 14.0. The molecule has 250 valence electrons. The zero-order valence-corrected chi connectivity index (χ0v) is 25.5. The Balaban J connectivity index is 1.53. The number of H-pyrrole nitrogens is 1. The maximum absolute atomic E-state index is 12.5. The van der Waals surface area contributed by atoms with Gasteiger partial charge in [0.2, 0.25) is 5.91 Å². The topological polar surface area (TPSA) is 269 Å². The van der Waals surface area contributed by atoms with Crippen molar-refractivity contribution in [2.75, 3.05) is 53.9 Å². The largest absolute Gasteiger partial charge is 0.491 e. The van der Waals surface area contributed by atoms with Crippen LogP contribution in [0.25, 0.3) is 20.9 Å². The van der Waals surface area contributed by atoms with Crippen LogP contribution in [0.3, 0.4) is 0 Å². The molecule has 20 nitrogen and oxygen atoms in total. The van der Waals surface area contributed by atoms with Gasteiger partial charge >= 0.3 is 5.69 Å². The van der Waals surface area contributed by atoms with Crippen molar-refractivity contribution >= 4 is 11.8 Å². The molecule has 1 aromatic heterocycles. The number of aromatic amines is 1. The Morgan fingerprint density at radius 2 is 2.09 bits per heavy atom. The molecule has 47 heavy (non-hydrogen) atoms. The molecule has 1 aliphatic heterocycles. The van der Waals surface area contributed by atoms with Gasteiger partial charge in [-0.1, -0.05) is 28.1 Å². The van der Waals surface area contributed by atoms with E-state index in [2.05, 4.69) is 52.8 Å². The zero-order chi connectivity index (χ0) is 34.0. The number of carbonyl (C=O) groups is 2. The van der Waals surface area contributed by atoms with Crippen LogP contribution in [-0.2, 0) is 23.7 Å². The van der Waals surface area contributed by atoms with Crippen molar-refractivity contribution in [1.82, 2.24) is 25.5 Å². The van der Waals surface area contributed by atoms with Gasteiger partial charge in [-0.2, -0.15) is 0 Å². The third-order valence-corrected chi connectivity index (χ3v) is 6.30. The number of amides is 2. The van der Waals surface area contributed by atoms with Crippen molar-refractivity contribution in [3.63, 3.8) is 0 Å². The minimum atomic E-state index is -1.16. The van der Waals surface area contributed by atoms with E-state index in [0.29, 0.717) is 11.3 Å². The molecule has 4 N–H and O–H groups in total. The number of rotatable bonds is 17. The molecule has 0 aliphatic carbocycles. The van der Waals surface area contributed by atoms with Gasteiger partial charge in [-0.3, -0.25) is 23.9 Å². The second-order valence-electron chi connectivity index (χ2n) is 9.52. The van der Waals surface area contributed by atoms with Gasteiger partial charge in [-0.25, -0.2) is 4.79 Å². The van der Waals surface area contributed by atoms with E-state index >= 15 is 0 Å². The van der Waals surface area contributed by atoms with Crippen LogP contribution < -0.4 is 31.9 Å². The van der Waals surface area contributed by atoms with Crippen molar-refractivity contribution in [2.45, 2.75) is 31.1 Å². The van der Waals surface area contributed by atoms with Crippen LogP contribution in [0.5, 0.6) is 5.75 Å². The lowest BCUT2D eigenvalue weighted by molar-refractivity contribution is -0.127. The number of nitrogens with zero attached hydrogens (tertiary/aromatic N) is 7. The third-order valence-electron chi connectivity index (χ3n) is 6.30. The fourth-order valence-electron chi connectivity index (χ4n) is 4.15. The molecule has 2 amide bonds. The predicted octanol–water partition coefficient (Wildman–Crippen LogP) is 0.230. The second kappa shape index (κ2) is 19.2. The van der Waals surface area contributed by atoms with Crippen molar-refractivity contribution < 1.29 is 33.3 Å². The molecular formula is C27H33N11O9. The highest BCUT2D eigenvalue weighted by atomic mass is 16.6. The number of nitrogens with one attached hydrogen (secondary N) is 4. The van der Waals surface area contributed by atoms with Gasteiger partial charge in [0.1, 0.15) is 43.6 Å². The predicted molar refractivity (Wildman–Crippen MR) is 163 cm³/mol. The molecule has 2 heterocycles. The van der Waals surface area contributed by atoms with Gasteiger partial charge < -0.3 is 39.6 Å². The fraction of sp³-hybridized carbons (Fsp3) is 0.481. The Hall–Kier alpha value is -5.38. The molecule has 20 heteroatoms. The summed E-state index contributed by atoms with van der Waals surface area (Å²) in [6.45, 7) is -0.738. The summed E-state index contributed by atoms with van der Waals surface area (Å²) in [5.41, 5.74) is 16.2. The molecule has 0 radical (unpaired) electrons. The smallest absolute Gasteiger partial charge is 0.330 e. The number of azide groups is 2. The molecule has 1 saturated heterocycles. The van der Waals surface area contributed by atoms with Gasteiger partial charge in [0.25, 0.3) is 11.5 Å². The van der Waals surface area contributed by atoms with Gasteiger partial charge in [-0.15, -0.1) is 0 Å². The van der Waals surface area contributed by atoms with Gasteiger partial charge in [0.15, 0.2) is 6.23 Å². The fourth-order valence-corrected chi connectivity index (χ4v) is 4.15. The molecule has 1 fully saturated rings. The molecular weight excluding hydrogens is 622 g/mol. The molecule has 0 spiro atoms. The zero-order valence-electron chi connectivity index (χ0n) is 25.5. The number of carbonyl (C=O) groups excluding carboxylic acids is 2. The third kappa shape index (κ3) is 11.5. The van der Waals surface area contributed by atoms with Crippen LogP contribution in [0.15, 0.2) is 50.3 Å². The Bertz CT molecular complexity index is 1660. The van der Waals surface area contributed by atoms with E-state index in [0.717, 1.165) is 4.57 Å². The normalized spacial score (nSPS) is 17.3. The highest BCUT2D eigenvalue weighted by molar-refractivity contribution is 5.94. The summed E-state index contributed by atoms with van der Waals surface area (Å²) >= 11 is 0. The average Bonchev–Trinajstić information content (AvgIpc) is 3.46. The first-order chi connectivity index (χ1) is 22.8. The standard InChI is InChI=1S/C27H33N11O9/c1-30-15-32-25(40)17-5-3-7-19(9-17)44-14-23(35-37-29)45-13-22(39)31-8-4-6-18-11-38(27(42)34-26(18)41)24-10-20(46-16-33-36-28)21(47-24)12-43-2/h3,5,7,9,11,20-21,23-24,30H,8,10,12-16H2,1-2H3,(H,31,39)(H,32,40)(H,34,41,42). The second-order valence-corrected chi connectivity index (χ2v) is 9.52. The van der Waals surface area contributed by atoms with Crippen LogP contribution in [0.2, 0.25) is 0 Å². The quantitative estimate of drug-likeness (QED) is 0.0592. The van der Waals surface area contributed by atoms with E-state index in [4.69, 9.17) is 34.7 Å². The lowest BCUT2D eigenvalue weighted by atomic mass is 10.2. The number of hydrogen-bond acceptors (Lipinski definition) is 12. The van der Waals surface area contributed by atoms with Crippen LogP contribution in [-0.4, -0.2) is 93.7 Å². The SMILES string of the molecule is CNCNC(=O)c1cccc(OCC(N=[N+]=[N-])OCC(=O)NCC#Cc2cn(C3CC(OCN=[N+]=[N-])C(COC)O3)c(=O)[nH]c2=O)c1. The number of benzene rings is 1. The van der Waals surface area contributed by atoms with Crippen LogP contribution in [0, 0.1) is 11.8 Å². The molecule has 1 aromatic carbocycles. The summed E-state index contributed by atoms with van der Waals surface area (Å²) in [6.07, 6.45) is -1.67. The van der Waals surface area contributed by atoms with Gasteiger partial charge in [0.05, 0.1) is 25.9 Å². The molecule has 0 bridgehead atoms. The summed E-state index contributed by atoms with van der Waals surface area (Å²) in [5, 5.41) is 14.7. The van der Waals surface area contributed by atoms with Crippen LogP contribution in [0.4, 0.5) is 0 Å². The maximum Gasteiger partial charge on any atom is 0.330 e. The molecule has 0 saturated carbocycles. The molecule has 4 atom stereocenters. The summed E-state index contributed by atoms with van der Waals surface area (Å²) in [5.74, 6) is 4.62. The van der Waals surface area contributed by atoms with Crippen molar-refractivity contribution in [3.8, 4) is 17.6 Å². The lowest BCUT2D eigenvalue weighted by Crippen LogP contribution is -2.34. The van der Waals surface area contributed by atoms with Gasteiger partial charge in [-0.05, 0) is 36.3 Å². The highest BCUT2D eigenvalue weighted by Crippen LogP contribution is 2.30. The summed E-state index contributed by atoms with van der Waals surface area (Å²) in [7, 11) is 3.16. The maximum atomic E-state index is 12.5. The van der Waals surface area contributed by atoms with Crippen molar-refractivity contribution in [2.24, 2.45) is 10.2 Å². The minimum Gasteiger partial charge on any atom is -0.491 e. The highest BCUT2D eigenvalue weighted by Gasteiger charge is 2.37. The Kier molecular flexibility index (Phi) is 14.7. The first kappa shape index (κ1) is 36.1. The number of methoxy groups -OCH3 is 1. The number of ether oxygens (including phenoxy) is 5. The summed E-state index contributed by atoms with van der Waals surface area (Å²) in [4.78, 5) is 56.8. The summed E-state index contributed by atoms with van der Waals surface area (Å²) in [6, 6.07) is 6.32. The van der Waals surface area contributed by atoms with Crippen molar-refractivity contribution in [3.05, 3.63) is 83.3 Å². The van der Waals surface area contributed by atoms with Crippen molar-refractivity contribution in [1.29, 1.82) is 0 Å². The molecule has 1 aliphatic rings.